The van der Waals surface area contributed by atoms with Crippen LogP contribution in [-0.2, 0) is 0 Å². The molecule has 0 bridgehead atoms. The van der Waals surface area contributed by atoms with Crippen LogP contribution < -0.4 is 5.32 Å². The van der Waals surface area contributed by atoms with Gasteiger partial charge in [0, 0.05) is 13.5 Å². The second-order valence-corrected chi connectivity index (χ2v) is 5.24. The van der Waals surface area contributed by atoms with Crippen molar-refractivity contribution in [2.24, 2.45) is 0 Å². The van der Waals surface area contributed by atoms with Crippen LogP contribution in [0.1, 0.15) is 31.5 Å². The van der Waals surface area contributed by atoms with Crippen LogP contribution in [-0.4, -0.2) is 39.5 Å². The smallest absolute Gasteiger partial charge is 0.252 e. The van der Waals surface area contributed by atoms with E-state index in [1.807, 2.05) is 12.1 Å². The summed E-state index contributed by atoms with van der Waals surface area (Å²) in [4.78, 5) is 15.1. The first-order chi connectivity index (χ1) is 11.2. The molecular formula is C16H21N5O2. The molecule has 0 aliphatic carbocycles. The molecule has 3 aromatic heterocycles. The van der Waals surface area contributed by atoms with Crippen molar-refractivity contribution >= 4 is 17.0 Å². The number of rotatable bonds is 7. The van der Waals surface area contributed by atoms with Crippen LogP contribution in [0.4, 0.5) is 5.82 Å². The Bertz CT molecular complexity index is 749. The van der Waals surface area contributed by atoms with Gasteiger partial charge in [-0.05, 0) is 25.2 Å². The van der Waals surface area contributed by atoms with Crippen LogP contribution in [0.2, 0.25) is 0 Å². The average Bonchev–Trinajstić information content (AvgIpc) is 3.20. The second kappa shape index (κ2) is 6.78. The first-order valence-electron chi connectivity index (χ1n) is 7.82. The molecule has 0 aromatic carbocycles. The highest BCUT2D eigenvalue weighted by Gasteiger charge is 2.21. The van der Waals surface area contributed by atoms with Crippen LogP contribution >= 0.6 is 0 Å². The number of likely N-dealkylation sites (N-methyl/N-ethyl adjacent to an activating group) is 1. The number of hydrogen-bond donors (Lipinski definition) is 1. The molecule has 1 atom stereocenters. The first-order valence-corrected chi connectivity index (χ1v) is 7.82. The second-order valence-electron chi connectivity index (χ2n) is 5.24. The van der Waals surface area contributed by atoms with Gasteiger partial charge in [-0.25, -0.2) is 9.97 Å². The van der Waals surface area contributed by atoms with Crippen molar-refractivity contribution in [3.05, 3.63) is 36.4 Å². The van der Waals surface area contributed by atoms with Gasteiger partial charge in [-0.3, -0.25) is 4.90 Å². The van der Waals surface area contributed by atoms with Gasteiger partial charge in [-0.1, -0.05) is 13.8 Å². The molecule has 7 heteroatoms. The van der Waals surface area contributed by atoms with Crippen molar-refractivity contribution in [3.63, 3.8) is 0 Å². The molecule has 122 valence electrons. The maximum Gasteiger partial charge on any atom is 0.252 e. The number of nitrogens with zero attached hydrogens (tertiary/aromatic N) is 4. The predicted molar refractivity (Wildman–Crippen MR) is 87.2 cm³/mol. The van der Waals surface area contributed by atoms with Crippen molar-refractivity contribution in [1.82, 2.24) is 19.9 Å². The number of nitrogens with one attached hydrogen (secondary N) is 1. The third-order valence-corrected chi connectivity index (χ3v) is 3.89. The molecule has 0 radical (unpaired) electrons. The Morgan fingerprint density at radius 1 is 1.26 bits per heavy atom. The van der Waals surface area contributed by atoms with Crippen LogP contribution in [0.5, 0.6) is 0 Å². The molecule has 23 heavy (non-hydrogen) atoms. The van der Waals surface area contributed by atoms with Gasteiger partial charge in [0.2, 0.25) is 0 Å². The van der Waals surface area contributed by atoms with E-state index in [4.69, 9.17) is 8.83 Å². The molecule has 0 aliphatic rings. The summed E-state index contributed by atoms with van der Waals surface area (Å²) in [6, 6.07) is 4.04. The minimum atomic E-state index is 0.123. The standard InChI is InChI=1S/C16H21N5O2/c1-4-21(5-2)12(13-7-6-8-22-13)9-17-15-14-16(19-10-18-15)23-11(3)20-14/h6-8,10,12H,4-5,9H2,1-3H3,(H,17,18,19). The predicted octanol–water partition coefficient (Wildman–Crippen LogP) is 3.01. The highest BCUT2D eigenvalue weighted by molar-refractivity contribution is 5.80. The molecule has 1 N–H and O–H groups in total. The summed E-state index contributed by atoms with van der Waals surface area (Å²) in [7, 11) is 0. The van der Waals surface area contributed by atoms with E-state index >= 15 is 0 Å². The molecule has 3 heterocycles. The van der Waals surface area contributed by atoms with Gasteiger partial charge in [-0.2, -0.15) is 4.98 Å². The Hall–Kier alpha value is -2.41. The van der Waals surface area contributed by atoms with E-state index in [2.05, 4.69) is 39.0 Å². The van der Waals surface area contributed by atoms with Crippen LogP contribution in [0.3, 0.4) is 0 Å². The van der Waals surface area contributed by atoms with Crippen molar-refractivity contribution in [3.8, 4) is 0 Å². The van der Waals surface area contributed by atoms with Gasteiger partial charge in [0.15, 0.2) is 17.2 Å². The van der Waals surface area contributed by atoms with E-state index in [0.29, 0.717) is 29.5 Å². The van der Waals surface area contributed by atoms with Gasteiger partial charge in [0.25, 0.3) is 5.71 Å². The highest BCUT2D eigenvalue weighted by Crippen LogP contribution is 2.24. The largest absolute Gasteiger partial charge is 0.468 e. The fourth-order valence-electron chi connectivity index (χ4n) is 2.74. The molecule has 1 unspecified atom stereocenters. The summed E-state index contributed by atoms with van der Waals surface area (Å²) < 4.78 is 11.1. The summed E-state index contributed by atoms with van der Waals surface area (Å²) in [6.07, 6.45) is 3.18. The number of aromatic nitrogens is 3. The molecule has 3 rings (SSSR count). The van der Waals surface area contributed by atoms with E-state index in [0.717, 1.165) is 18.8 Å². The molecule has 0 spiro atoms. The maximum atomic E-state index is 5.61. The quantitative estimate of drug-likeness (QED) is 0.717. The Balaban J connectivity index is 1.83. The zero-order chi connectivity index (χ0) is 16.2. The Morgan fingerprint density at radius 3 is 2.78 bits per heavy atom. The first kappa shape index (κ1) is 15.5. The van der Waals surface area contributed by atoms with Gasteiger partial charge in [-0.15, -0.1) is 0 Å². The average molecular weight is 315 g/mol. The Morgan fingerprint density at radius 2 is 2.09 bits per heavy atom. The Kier molecular flexibility index (Phi) is 4.57. The molecule has 0 aliphatic heterocycles. The van der Waals surface area contributed by atoms with Crippen LogP contribution in [0, 0.1) is 6.92 Å². The highest BCUT2D eigenvalue weighted by atomic mass is 16.4. The summed E-state index contributed by atoms with van der Waals surface area (Å²) in [5, 5.41) is 3.36. The van der Waals surface area contributed by atoms with Gasteiger partial charge >= 0.3 is 0 Å². The molecule has 0 amide bonds. The van der Waals surface area contributed by atoms with E-state index in [1.165, 1.54) is 6.33 Å². The van der Waals surface area contributed by atoms with Crippen LogP contribution in [0.25, 0.3) is 11.2 Å². The monoisotopic (exact) mass is 315 g/mol. The van der Waals surface area contributed by atoms with E-state index in [9.17, 15) is 0 Å². The van der Waals surface area contributed by atoms with Crippen molar-refractivity contribution in [2.75, 3.05) is 25.0 Å². The number of anilines is 1. The normalized spacial score (nSPS) is 12.9. The third kappa shape index (κ3) is 3.19. The zero-order valence-corrected chi connectivity index (χ0v) is 13.6. The maximum absolute atomic E-state index is 5.61. The molecule has 7 nitrogen and oxygen atoms in total. The molecule has 0 fully saturated rings. The van der Waals surface area contributed by atoms with E-state index in [1.54, 1.807) is 13.2 Å². The number of oxazole rings is 1. The lowest BCUT2D eigenvalue weighted by Gasteiger charge is -2.28. The van der Waals surface area contributed by atoms with E-state index < -0.39 is 0 Å². The number of fused-ring (bicyclic) bond motifs is 1. The zero-order valence-electron chi connectivity index (χ0n) is 13.6. The SMILES string of the molecule is CCN(CC)C(CNc1ncnc2oc(C)nc12)c1ccco1. The van der Waals surface area contributed by atoms with Gasteiger partial charge < -0.3 is 14.2 Å². The fourth-order valence-corrected chi connectivity index (χ4v) is 2.74. The molecule has 3 aromatic rings. The lowest BCUT2D eigenvalue weighted by Crippen LogP contribution is -2.33. The fraction of sp³-hybridized carbons (Fsp3) is 0.438. The summed E-state index contributed by atoms with van der Waals surface area (Å²) in [6.45, 7) is 8.62. The van der Waals surface area contributed by atoms with Crippen molar-refractivity contribution < 1.29 is 8.83 Å². The van der Waals surface area contributed by atoms with E-state index in [-0.39, 0.29) is 6.04 Å². The van der Waals surface area contributed by atoms with Crippen LogP contribution in [0.15, 0.2) is 33.6 Å². The summed E-state index contributed by atoms with van der Waals surface area (Å²) in [5.41, 5.74) is 1.15. The number of aryl methyl sites for hydroxylation is 1. The van der Waals surface area contributed by atoms with Gasteiger partial charge in [0.1, 0.15) is 12.1 Å². The Labute approximate surface area is 134 Å². The molecule has 0 saturated heterocycles. The number of hydrogen-bond acceptors (Lipinski definition) is 7. The summed E-state index contributed by atoms with van der Waals surface area (Å²) in [5.74, 6) is 2.19. The van der Waals surface area contributed by atoms with Gasteiger partial charge in [0.05, 0.1) is 12.3 Å². The topological polar surface area (TPSA) is 80.2 Å². The molecular weight excluding hydrogens is 294 g/mol. The number of furan rings is 1. The minimum absolute atomic E-state index is 0.123. The summed E-state index contributed by atoms with van der Waals surface area (Å²) >= 11 is 0. The van der Waals surface area contributed by atoms with Crippen molar-refractivity contribution in [1.29, 1.82) is 0 Å². The lowest BCUT2D eigenvalue weighted by atomic mass is 10.2. The minimum Gasteiger partial charge on any atom is -0.468 e. The van der Waals surface area contributed by atoms with Crippen molar-refractivity contribution in [2.45, 2.75) is 26.8 Å². The molecule has 0 saturated carbocycles. The lowest BCUT2D eigenvalue weighted by molar-refractivity contribution is 0.202. The third-order valence-electron chi connectivity index (χ3n) is 3.89.